The summed E-state index contributed by atoms with van der Waals surface area (Å²) in [6.45, 7) is 3.84. The highest BCUT2D eigenvalue weighted by atomic mass is 16.5. The molecule has 1 aromatic carbocycles. The van der Waals surface area contributed by atoms with Crippen molar-refractivity contribution in [3.05, 3.63) is 24.3 Å². The predicted octanol–water partition coefficient (Wildman–Crippen LogP) is 2.61. The van der Waals surface area contributed by atoms with Crippen molar-refractivity contribution in [2.45, 2.75) is 19.8 Å². The maximum atomic E-state index is 11.8. The molecule has 1 aromatic rings. The van der Waals surface area contributed by atoms with E-state index in [1.54, 1.807) is 0 Å². The number of benzene rings is 1. The molecule has 1 aliphatic rings. The molecular weight excluding hydrogens is 252 g/mol. The molecule has 0 saturated heterocycles. The van der Waals surface area contributed by atoms with Gasteiger partial charge in [-0.05, 0) is 57.1 Å². The van der Waals surface area contributed by atoms with E-state index in [0.29, 0.717) is 12.5 Å². The minimum absolute atomic E-state index is 0.136. The molecule has 0 spiro atoms. The molecule has 1 saturated carbocycles. The Labute approximate surface area is 121 Å². The number of anilines is 1. The lowest BCUT2D eigenvalue weighted by atomic mass is 10.2. The van der Waals surface area contributed by atoms with Crippen molar-refractivity contribution >= 4 is 11.6 Å². The maximum absolute atomic E-state index is 11.8. The van der Waals surface area contributed by atoms with E-state index in [1.165, 1.54) is 0 Å². The number of hydrogen-bond acceptors (Lipinski definition) is 3. The van der Waals surface area contributed by atoms with Crippen LogP contribution in [-0.2, 0) is 4.79 Å². The first-order chi connectivity index (χ1) is 9.56. The molecule has 0 aliphatic heterocycles. The number of ether oxygens (including phenoxy) is 1. The van der Waals surface area contributed by atoms with Crippen LogP contribution in [0.5, 0.6) is 5.75 Å². The summed E-state index contributed by atoms with van der Waals surface area (Å²) in [6.07, 6.45) is 2.02. The second-order valence-corrected chi connectivity index (χ2v) is 5.84. The van der Waals surface area contributed by atoms with E-state index in [2.05, 4.69) is 31.2 Å². The van der Waals surface area contributed by atoms with Crippen LogP contribution in [-0.4, -0.2) is 38.1 Å². The number of amides is 1. The van der Waals surface area contributed by atoms with Crippen molar-refractivity contribution in [3.8, 4) is 5.75 Å². The Balaban J connectivity index is 1.73. The quantitative estimate of drug-likeness (QED) is 0.778. The van der Waals surface area contributed by atoms with Gasteiger partial charge in [-0.3, -0.25) is 4.79 Å². The molecule has 1 N–H and O–H groups in total. The molecule has 2 atom stereocenters. The summed E-state index contributed by atoms with van der Waals surface area (Å²) < 4.78 is 5.65. The van der Waals surface area contributed by atoms with E-state index in [-0.39, 0.29) is 11.8 Å². The summed E-state index contributed by atoms with van der Waals surface area (Å²) in [7, 11) is 4.11. The minimum atomic E-state index is 0.136. The van der Waals surface area contributed by atoms with E-state index >= 15 is 0 Å². The lowest BCUT2D eigenvalue weighted by molar-refractivity contribution is -0.117. The molecule has 2 rings (SSSR count). The van der Waals surface area contributed by atoms with Gasteiger partial charge in [-0.2, -0.15) is 0 Å². The Morgan fingerprint density at radius 1 is 1.35 bits per heavy atom. The molecule has 4 nitrogen and oxygen atoms in total. The largest absolute Gasteiger partial charge is 0.494 e. The molecule has 20 heavy (non-hydrogen) atoms. The minimum Gasteiger partial charge on any atom is -0.494 e. The average Bonchev–Trinajstić information content (AvgIpc) is 3.14. The summed E-state index contributed by atoms with van der Waals surface area (Å²) in [5.41, 5.74) is 0.842. The molecule has 0 heterocycles. The van der Waals surface area contributed by atoms with Crippen LogP contribution in [0, 0.1) is 11.8 Å². The first-order valence-corrected chi connectivity index (χ1v) is 7.24. The SMILES string of the molecule is C[C@H]1C[C@H]1C(=O)Nc1ccc(OCCCN(C)C)cc1. The van der Waals surface area contributed by atoms with E-state index in [4.69, 9.17) is 4.74 Å². The summed E-state index contributed by atoms with van der Waals surface area (Å²) in [4.78, 5) is 13.9. The number of nitrogens with zero attached hydrogens (tertiary/aromatic N) is 1. The van der Waals surface area contributed by atoms with Crippen molar-refractivity contribution in [3.63, 3.8) is 0 Å². The van der Waals surface area contributed by atoms with Crippen LogP contribution in [0.3, 0.4) is 0 Å². The van der Waals surface area contributed by atoms with Gasteiger partial charge < -0.3 is 15.0 Å². The summed E-state index contributed by atoms with van der Waals surface area (Å²) in [6, 6.07) is 7.60. The van der Waals surface area contributed by atoms with Gasteiger partial charge in [0.2, 0.25) is 5.91 Å². The molecule has 0 bridgehead atoms. The Bertz CT molecular complexity index is 442. The first-order valence-electron chi connectivity index (χ1n) is 7.24. The average molecular weight is 276 g/mol. The molecule has 110 valence electrons. The molecule has 0 aromatic heterocycles. The monoisotopic (exact) mass is 276 g/mol. The Morgan fingerprint density at radius 2 is 2.00 bits per heavy atom. The Hall–Kier alpha value is -1.55. The van der Waals surface area contributed by atoms with Crippen molar-refractivity contribution in [2.24, 2.45) is 11.8 Å². The van der Waals surface area contributed by atoms with Gasteiger partial charge in [-0.15, -0.1) is 0 Å². The molecule has 1 aliphatic carbocycles. The van der Waals surface area contributed by atoms with Gasteiger partial charge in [0.05, 0.1) is 6.61 Å². The second kappa shape index (κ2) is 6.75. The Kier molecular flexibility index (Phi) is 5.01. The van der Waals surface area contributed by atoms with Crippen LogP contribution >= 0.6 is 0 Å². The van der Waals surface area contributed by atoms with Crippen molar-refractivity contribution < 1.29 is 9.53 Å². The smallest absolute Gasteiger partial charge is 0.227 e. The van der Waals surface area contributed by atoms with Crippen molar-refractivity contribution in [2.75, 3.05) is 32.6 Å². The fraction of sp³-hybridized carbons (Fsp3) is 0.562. The third-order valence-corrected chi connectivity index (χ3v) is 3.59. The van der Waals surface area contributed by atoms with Crippen molar-refractivity contribution in [1.82, 2.24) is 4.90 Å². The standard InChI is InChI=1S/C16H24N2O2/c1-12-11-15(12)16(19)17-13-5-7-14(8-6-13)20-10-4-9-18(2)3/h5-8,12,15H,4,9-11H2,1-3H3,(H,17,19)/t12-,15+/m0/s1. The van der Waals surface area contributed by atoms with Gasteiger partial charge in [-0.25, -0.2) is 0 Å². The maximum Gasteiger partial charge on any atom is 0.227 e. The highest BCUT2D eigenvalue weighted by molar-refractivity contribution is 5.94. The second-order valence-electron chi connectivity index (χ2n) is 5.84. The van der Waals surface area contributed by atoms with Gasteiger partial charge in [0.1, 0.15) is 5.75 Å². The van der Waals surface area contributed by atoms with E-state index in [1.807, 2.05) is 24.3 Å². The third-order valence-electron chi connectivity index (χ3n) is 3.59. The molecule has 4 heteroatoms. The number of nitrogens with one attached hydrogen (secondary N) is 1. The van der Waals surface area contributed by atoms with Crippen LogP contribution in [0.1, 0.15) is 19.8 Å². The van der Waals surface area contributed by atoms with E-state index in [0.717, 1.165) is 30.8 Å². The number of hydrogen-bond donors (Lipinski definition) is 1. The summed E-state index contributed by atoms with van der Waals surface area (Å²) in [5.74, 6) is 1.73. The fourth-order valence-corrected chi connectivity index (χ4v) is 2.13. The summed E-state index contributed by atoms with van der Waals surface area (Å²) in [5, 5.41) is 2.94. The highest BCUT2D eigenvalue weighted by Gasteiger charge is 2.38. The number of rotatable bonds is 7. The van der Waals surface area contributed by atoms with Crippen molar-refractivity contribution in [1.29, 1.82) is 0 Å². The zero-order valence-electron chi connectivity index (χ0n) is 12.6. The lowest BCUT2D eigenvalue weighted by Gasteiger charge is -2.11. The molecule has 1 fully saturated rings. The molecule has 0 radical (unpaired) electrons. The molecule has 0 unspecified atom stereocenters. The molecule has 1 amide bonds. The molecular formula is C16H24N2O2. The topological polar surface area (TPSA) is 41.6 Å². The number of carbonyl (C=O) groups excluding carboxylic acids is 1. The van der Waals surface area contributed by atoms with Gasteiger partial charge >= 0.3 is 0 Å². The highest BCUT2D eigenvalue weighted by Crippen LogP contribution is 2.38. The van der Waals surface area contributed by atoms with Crippen LogP contribution in [0.2, 0.25) is 0 Å². The van der Waals surface area contributed by atoms with Gasteiger partial charge in [0, 0.05) is 18.2 Å². The van der Waals surface area contributed by atoms with Crippen LogP contribution in [0.15, 0.2) is 24.3 Å². The van der Waals surface area contributed by atoms with E-state index in [9.17, 15) is 4.79 Å². The van der Waals surface area contributed by atoms with Gasteiger partial charge in [-0.1, -0.05) is 6.92 Å². The van der Waals surface area contributed by atoms with E-state index < -0.39 is 0 Å². The zero-order chi connectivity index (χ0) is 14.5. The Morgan fingerprint density at radius 3 is 2.55 bits per heavy atom. The van der Waals surface area contributed by atoms with Gasteiger partial charge in [0.25, 0.3) is 0 Å². The number of carbonyl (C=O) groups is 1. The first kappa shape index (κ1) is 14.9. The third kappa shape index (κ3) is 4.53. The zero-order valence-corrected chi connectivity index (χ0v) is 12.6. The van der Waals surface area contributed by atoms with Gasteiger partial charge in [0.15, 0.2) is 0 Å². The normalized spacial score (nSPS) is 20.8. The van der Waals surface area contributed by atoms with Crippen LogP contribution in [0.4, 0.5) is 5.69 Å². The predicted molar refractivity (Wildman–Crippen MR) is 81.0 cm³/mol. The van der Waals surface area contributed by atoms with Crippen LogP contribution in [0.25, 0.3) is 0 Å². The lowest BCUT2D eigenvalue weighted by Crippen LogP contribution is -2.15. The summed E-state index contributed by atoms with van der Waals surface area (Å²) >= 11 is 0. The fourth-order valence-electron chi connectivity index (χ4n) is 2.13. The van der Waals surface area contributed by atoms with Crippen LogP contribution < -0.4 is 10.1 Å².